The number of hydrogen-bond donors (Lipinski definition) is 1. The fraction of sp³-hybridized carbons (Fsp3) is 0.133. The fourth-order valence-corrected chi connectivity index (χ4v) is 5.43. The number of nitro groups is 1. The number of sulfonamides is 1. The Morgan fingerprint density at radius 2 is 1.61 bits per heavy atom. The van der Waals surface area contributed by atoms with Crippen LogP contribution in [0.15, 0.2) is 113 Å². The summed E-state index contributed by atoms with van der Waals surface area (Å²) in [5.74, 6) is -0.0180. The van der Waals surface area contributed by atoms with Gasteiger partial charge in [0.2, 0.25) is 0 Å². The van der Waals surface area contributed by atoms with Gasteiger partial charge >= 0.3 is 0 Å². The van der Waals surface area contributed by atoms with Crippen molar-refractivity contribution in [3.8, 4) is 5.75 Å². The third-order valence-corrected chi connectivity index (χ3v) is 7.87. The molecule has 0 saturated heterocycles. The molecule has 0 heterocycles. The summed E-state index contributed by atoms with van der Waals surface area (Å²) < 4.78 is 33.9. The molecular weight excluding hydrogens is 544 g/mol. The first-order valence-corrected chi connectivity index (χ1v) is 14.2. The number of para-hydroxylation sites is 1. The molecule has 4 aromatic carbocycles. The largest absolute Gasteiger partial charge is 0.489 e. The monoisotopic (exact) mass is 572 g/mol. The van der Waals surface area contributed by atoms with Crippen LogP contribution in [0.1, 0.15) is 23.6 Å². The van der Waals surface area contributed by atoms with E-state index in [1.165, 1.54) is 30.5 Å². The summed E-state index contributed by atoms with van der Waals surface area (Å²) in [6, 6.07) is 28.1. The van der Waals surface area contributed by atoms with Gasteiger partial charge in [0.05, 0.1) is 21.7 Å². The summed E-state index contributed by atoms with van der Waals surface area (Å²) in [7, 11) is -4.02. The number of anilines is 1. The zero-order valence-electron chi connectivity index (χ0n) is 22.2. The van der Waals surface area contributed by atoms with Crippen molar-refractivity contribution in [2.24, 2.45) is 5.10 Å². The van der Waals surface area contributed by atoms with Crippen LogP contribution in [0.2, 0.25) is 0 Å². The van der Waals surface area contributed by atoms with Gasteiger partial charge < -0.3 is 4.74 Å². The van der Waals surface area contributed by atoms with Gasteiger partial charge in [0, 0.05) is 12.1 Å². The van der Waals surface area contributed by atoms with Gasteiger partial charge in [-0.1, -0.05) is 43.3 Å². The fourth-order valence-electron chi connectivity index (χ4n) is 3.95. The summed E-state index contributed by atoms with van der Waals surface area (Å²) in [4.78, 5) is 23.2. The first-order valence-electron chi connectivity index (χ1n) is 12.7. The van der Waals surface area contributed by atoms with Gasteiger partial charge in [-0.25, -0.2) is 13.8 Å². The number of nitrogens with zero attached hydrogens (tertiary/aromatic N) is 3. The van der Waals surface area contributed by atoms with Crippen molar-refractivity contribution in [3.63, 3.8) is 0 Å². The minimum absolute atomic E-state index is 0.0146. The van der Waals surface area contributed by atoms with Crippen LogP contribution in [0.4, 0.5) is 11.4 Å². The normalized spacial score (nSPS) is 11.2. The van der Waals surface area contributed by atoms with E-state index >= 15 is 0 Å². The predicted octanol–water partition coefficient (Wildman–Crippen LogP) is 5.08. The Morgan fingerprint density at radius 1 is 0.951 bits per heavy atom. The van der Waals surface area contributed by atoms with Gasteiger partial charge in [-0.15, -0.1) is 0 Å². The number of nitrogens with one attached hydrogen (secondary N) is 1. The Kier molecular flexibility index (Phi) is 9.43. The predicted molar refractivity (Wildman–Crippen MR) is 156 cm³/mol. The molecule has 11 heteroatoms. The maximum Gasteiger partial charge on any atom is 0.269 e. The summed E-state index contributed by atoms with van der Waals surface area (Å²) in [5, 5.41) is 14.8. The Labute approximate surface area is 238 Å². The standard InChI is InChI=1S/C30H28N4O6S/c1-2-25-8-6-7-11-29(25)33(41(38,39)28-9-4-3-5-10-28)21-30(35)32-31-20-23-14-18-27(19-15-23)40-22-24-12-16-26(17-13-24)34(36)37/h3-20H,2,21-22H2,1H3,(H,32,35)/b31-20-. The molecule has 1 N–H and O–H groups in total. The molecule has 0 spiro atoms. The number of amides is 1. The second-order valence-electron chi connectivity index (χ2n) is 8.88. The van der Waals surface area contributed by atoms with Crippen LogP contribution in [0.3, 0.4) is 0 Å². The quantitative estimate of drug-likeness (QED) is 0.143. The molecular formula is C30H28N4O6S. The average Bonchev–Trinajstić information content (AvgIpc) is 3.00. The third kappa shape index (κ3) is 7.55. The van der Waals surface area contributed by atoms with Gasteiger partial charge in [0.15, 0.2) is 0 Å². The number of non-ortho nitro benzene ring substituents is 1. The van der Waals surface area contributed by atoms with Gasteiger partial charge in [0.25, 0.3) is 21.6 Å². The zero-order chi connectivity index (χ0) is 29.2. The molecule has 4 rings (SSSR count). The maximum atomic E-state index is 13.5. The van der Waals surface area contributed by atoms with Crippen molar-refractivity contribution in [1.82, 2.24) is 5.43 Å². The van der Waals surface area contributed by atoms with Crippen molar-refractivity contribution in [3.05, 3.63) is 130 Å². The van der Waals surface area contributed by atoms with E-state index in [9.17, 15) is 23.3 Å². The van der Waals surface area contributed by atoms with Crippen LogP contribution in [0.25, 0.3) is 0 Å². The molecule has 0 aliphatic heterocycles. The van der Waals surface area contributed by atoms with Gasteiger partial charge in [0.1, 0.15) is 18.9 Å². The Balaban J connectivity index is 1.39. The van der Waals surface area contributed by atoms with Crippen LogP contribution >= 0.6 is 0 Å². The van der Waals surface area contributed by atoms with Crippen molar-refractivity contribution >= 4 is 33.5 Å². The van der Waals surface area contributed by atoms with E-state index in [2.05, 4.69) is 10.5 Å². The Bertz CT molecular complexity index is 1620. The summed E-state index contributed by atoms with van der Waals surface area (Å²) in [5.41, 5.74) is 5.11. The minimum atomic E-state index is -4.02. The molecule has 210 valence electrons. The summed E-state index contributed by atoms with van der Waals surface area (Å²) in [6.07, 6.45) is 2.03. The van der Waals surface area contributed by atoms with E-state index in [0.29, 0.717) is 23.4 Å². The van der Waals surface area contributed by atoms with Crippen LogP contribution in [-0.2, 0) is 27.8 Å². The second kappa shape index (κ2) is 13.4. The lowest BCUT2D eigenvalue weighted by Gasteiger charge is -2.25. The lowest BCUT2D eigenvalue weighted by Crippen LogP contribution is -2.40. The molecule has 0 aliphatic rings. The van der Waals surface area contributed by atoms with E-state index in [1.807, 2.05) is 19.1 Å². The molecule has 0 atom stereocenters. The topological polar surface area (TPSA) is 131 Å². The van der Waals surface area contributed by atoms with E-state index in [1.54, 1.807) is 66.7 Å². The molecule has 0 aliphatic carbocycles. The molecule has 0 fully saturated rings. The maximum absolute atomic E-state index is 13.5. The van der Waals surface area contributed by atoms with E-state index in [-0.39, 0.29) is 17.2 Å². The van der Waals surface area contributed by atoms with E-state index in [0.717, 1.165) is 15.4 Å². The highest BCUT2D eigenvalue weighted by Gasteiger charge is 2.28. The second-order valence-corrected chi connectivity index (χ2v) is 10.7. The number of ether oxygens (including phenoxy) is 1. The number of nitro benzene ring substituents is 1. The SMILES string of the molecule is CCc1ccccc1N(CC(=O)N/N=C\c1ccc(OCc2ccc([N+](=O)[O-])cc2)cc1)S(=O)(=O)c1ccccc1. The number of rotatable bonds is 12. The zero-order valence-corrected chi connectivity index (χ0v) is 23.0. The van der Waals surface area contributed by atoms with Crippen LogP contribution in [0.5, 0.6) is 5.75 Å². The lowest BCUT2D eigenvalue weighted by molar-refractivity contribution is -0.384. The molecule has 0 aromatic heterocycles. The number of aryl methyl sites for hydroxylation is 1. The Hall–Kier alpha value is -5.03. The highest BCUT2D eigenvalue weighted by molar-refractivity contribution is 7.92. The van der Waals surface area contributed by atoms with E-state index < -0.39 is 27.4 Å². The van der Waals surface area contributed by atoms with Crippen molar-refractivity contribution < 1.29 is 22.9 Å². The smallest absolute Gasteiger partial charge is 0.269 e. The molecule has 0 bridgehead atoms. The molecule has 0 radical (unpaired) electrons. The highest BCUT2D eigenvalue weighted by atomic mass is 32.2. The number of hydrogen-bond acceptors (Lipinski definition) is 7. The molecule has 10 nitrogen and oxygen atoms in total. The Morgan fingerprint density at radius 3 is 2.27 bits per heavy atom. The summed E-state index contributed by atoms with van der Waals surface area (Å²) >= 11 is 0. The number of carbonyl (C=O) groups excluding carboxylic acids is 1. The van der Waals surface area contributed by atoms with Gasteiger partial charge in [-0.2, -0.15) is 5.10 Å². The lowest BCUT2D eigenvalue weighted by atomic mass is 10.1. The number of benzene rings is 4. The number of hydrazone groups is 1. The summed E-state index contributed by atoms with van der Waals surface area (Å²) in [6.45, 7) is 1.70. The van der Waals surface area contributed by atoms with Crippen LogP contribution < -0.4 is 14.5 Å². The van der Waals surface area contributed by atoms with Crippen molar-refractivity contribution in [2.75, 3.05) is 10.8 Å². The van der Waals surface area contributed by atoms with Crippen LogP contribution in [0, 0.1) is 10.1 Å². The third-order valence-electron chi connectivity index (χ3n) is 6.10. The molecule has 1 amide bonds. The van der Waals surface area contributed by atoms with Gasteiger partial charge in [-0.05, 0) is 77.7 Å². The van der Waals surface area contributed by atoms with E-state index in [4.69, 9.17) is 4.74 Å². The molecule has 41 heavy (non-hydrogen) atoms. The van der Waals surface area contributed by atoms with Crippen molar-refractivity contribution in [1.29, 1.82) is 0 Å². The van der Waals surface area contributed by atoms with Gasteiger partial charge in [-0.3, -0.25) is 19.2 Å². The highest BCUT2D eigenvalue weighted by Crippen LogP contribution is 2.27. The first-order chi connectivity index (χ1) is 19.8. The molecule has 4 aromatic rings. The number of carbonyl (C=O) groups is 1. The first kappa shape index (κ1) is 29.0. The molecule has 0 unspecified atom stereocenters. The minimum Gasteiger partial charge on any atom is -0.489 e. The van der Waals surface area contributed by atoms with Crippen molar-refractivity contribution in [2.45, 2.75) is 24.8 Å². The average molecular weight is 573 g/mol. The van der Waals surface area contributed by atoms with Crippen LogP contribution in [-0.4, -0.2) is 32.0 Å². The molecule has 0 saturated carbocycles.